The van der Waals surface area contributed by atoms with Gasteiger partial charge in [-0.3, -0.25) is 4.98 Å². The number of aromatic amines is 1. The molecule has 2 heterocycles. The molecule has 0 atom stereocenters. The van der Waals surface area contributed by atoms with Gasteiger partial charge in [0.2, 0.25) is 9.84 Å². The molecule has 3 aromatic rings. The van der Waals surface area contributed by atoms with Crippen molar-refractivity contribution < 1.29 is 13.2 Å². The van der Waals surface area contributed by atoms with Gasteiger partial charge in [-0.25, -0.2) is 8.42 Å². The number of hydrogen-bond donors (Lipinski definition) is 2. The van der Waals surface area contributed by atoms with E-state index in [1.54, 1.807) is 37.5 Å². The molecule has 2 N–H and O–H groups in total. The number of hydrogen-bond acceptors (Lipinski definition) is 5. The Bertz CT molecular complexity index is 915. The summed E-state index contributed by atoms with van der Waals surface area (Å²) in [6.07, 6.45) is 1.57. The van der Waals surface area contributed by atoms with Crippen LogP contribution in [0.5, 0.6) is 5.75 Å². The quantitative estimate of drug-likeness (QED) is 0.772. The number of rotatable bonds is 4. The molecule has 0 aliphatic heterocycles. The Hall–Kier alpha value is -2.54. The standard InChI is InChI=1S/C15H15N3O3S/c1-16-15-14(13-12(18-15)4-3-9-17-13)22(19,20)11-7-5-10(21-2)6-8-11/h3-9,16,18H,1-2H3. The van der Waals surface area contributed by atoms with Gasteiger partial charge in [0.15, 0.2) is 0 Å². The van der Waals surface area contributed by atoms with Crippen LogP contribution in [-0.2, 0) is 9.84 Å². The molecule has 2 aromatic heterocycles. The molecule has 0 saturated heterocycles. The van der Waals surface area contributed by atoms with Gasteiger partial charge >= 0.3 is 0 Å². The molecule has 114 valence electrons. The summed E-state index contributed by atoms with van der Waals surface area (Å²) in [7, 11) is -0.503. The fourth-order valence-corrected chi connectivity index (χ4v) is 3.88. The van der Waals surface area contributed by atoms with Crippen molar-refractivity contribution in [1.82, 2.24) is 9.97 Å². The monoisotopic (exact) mass is 317 g/mol. The molecule has 0 saturated carbocycles. The first-order chi connectivity index (χ1) is 10.6. The second-order valence-corrected chi connectivity index (χ2v) is 6.54. The van der Waals surface area contributed by atoms with Gasteiger partial charge in [-0.2, -0.15) is 0 Å². The van der Waals surface area contributed by atoms with Crippen LogP contribution < -0.4 is 10.1 Å². The fraction of sp³-hybridized carbons (Fsp3) is 0.133. The first-order valence-corrected chi connectivity index (χ1v) is 8.10. The highest BCUT2D eigenvalue weighted by Crippen LogP contribution is 2.33. The molecule has 0 fully saturated rings. The van der Waals surface area contributed by atoms with E-state index in [1.165, 1.54) is 19.2 Å². The average Bonchev–Trinajstić information content (AvgIpc) is 2.94. The molecule has 22 heavy (non-hydrogen) atoms. The number of ether oxygens (including phenoxy) is 1. The van der Waals surface area contributed by atoms with Gasteiger partial charge in [-0.15, -0.1) is 0 Å². The SMILES string of the molecule is CNc1[nH]c2cccnc2c1S(=O)(=O)c1ccc(OC)cc1. The van der Waals surface area contributed by atoms with E-state index in [0.29, 0.717) is 22.6 Å². The number of fused-ring (bicyclic) bond motifs is 1. The van der Waals surface area contributed by atoms with Crippen molar-refractivity contribution in [3.8, 4) is 5.75 Å². The largest absolute Gasteiger partial charge is 0.497 e. The number of benzene rings is 1. The smallest absolute Gasteiger partial charge is 0.212 e. The van der Waals surface area contributed by atoms with Gasteiger partial charge in [0.1, 0.15) is 22.0 Å². The second-order valence-electron chi connectivity index (χ2n) is 4.66. The van der Waals surface area contributed by atoms with E-state index in [1.807, 2.05) is 0 Å². The van der Waals surface area contributed by atoms with Crippen LogP contribution in [0.4, 0.5) is 5.82 Å². The third-order valence-corrected chi connectivity index (χ3v) is 5.23. The lowest BCUT2D eigenvalue weighted by atomic mass is 10.3. The highest BCUT2D eigenvalue weighted by Gasteiger charge is 2.27. The van der Waals surface area contributed by atoms with Crippen LogP contribution in [0, 0.1) is 0 Å². The second kappa shape index (κ2) is 5.34. The number of nitrogens with zero attached hydrogens (tertiary/aromatic N) is 1. The van der Waals surface area contributed by atoms with Gasteiger partial charge < -0.3 is 15.0 Å². The number of sulfone groups is 1. The molecule has 0 radical (unpaired) electrons. The van der Waals surface area contributed by atoms with Crippen LogP contribution in [0.15, 0.2) is 52.4 Å². The molecular weight excluding hydrogens is 302 g/mol. The zero-order valence-electron chi connectivity index (χ0n) is 12.1. The molecule has 6 nitrogen and oxygen atoms in total. The average molecular weight is 317 g/mol. The first-order valence-electron chi connectivity index (χ1n) is 6.61. The molecule has 0 spiro atoms. The van der Waals surface area contributed by atoms with E-state index in [0.717, 1.165) is 0 Å². The maximum absolute atomic E-state index is 12.9. The third-order valence-electron chi connectivity index (χ3n) is 3.40. The van der Waals surface area contributed by atoms with Crippen LogP contribution in [0.25, 0.3) is 11.0 Å². The minimum atomic E-state index is -3.70. The molecule has 0 unspecified atom stereocenters. The van der Waals surface area contributed by atoms with Gasteiger partial charge in [-0.05, 0) is 36.4 Å². The number of H-pyrrole nitrogens is 1. The molecule has 7 heteroatoms. The molecule has 3 rings (SSSR count). The zero-order chi connectivity index (χ0) is 15.7. The lowest BCUT2D eigenvalue weighted by Crippen LogP contribution is -2.05. The topological polar surface area (TPSA) is 84.1 Å². The number of aromatic nitrogens is 2. The normalized spacial score (nSPS) is 11.5. The van der Waals surface area contributed by atoms with Crippen molar-refractivity contribution >= 4 is 26.7 Å². The minimum absolute atomic E-state index is 0.149. The molecule has 0 bridgehead atoms. The lowest BCUT2D eigenvalue weighted by Gasteiger charge is -2.07. The summed E-state index contributed by atoms with van der Waals surface area (Å²) in [5.74, 6) is 1.02. The Kier molecular flexibility index (Phi) is 3.50. The van der Waals surface area contributed by atoms with Gasteiger partial charge in [0.25, 0.3) is 0 Å². The van der Waals surface area contributed by atoms with Crippen molar-refractivity contribution in [2.75, 3.05) is 19.5 Å². The molecule has 0 aliphatic carbocycles. The fourth-order valence-electron chi connectivity index (χ4n) is 2.31. The van der Waals surface area contributed by atoms with Gasteiger partial charge in [0.05, 0.1) is 17.5 Å². The third kappa shape index (κ3) is 2.19. The predicted octanol–water partition coefficient (Wildman–Crippen LogP) is 2.45. The predicted molar refractivity (Wildman–Crippen MR) is 84.1 cm³/mol. The highest BCUT2D eigenvalue weighted by atomic mass is 32.2. The van der Waals surface area contributed by atoms with E-state index in [-0.39, 0.29) is 9.79 Å². The molecule has 0 aliphatic rings. The zero-order valence-corrected chi connectivity index (χ0v) is 12.9. The summed E-state index contributed by atoms with van der Waals surface area (Å²) in [5, 5.41) is 2.88. The Morgan fingerprint density at radius 3 is 2.55 bits per heavy atom. The van der Waals surface area contributed by atoms with Crippen molar-refractivity contribution in [3.05, 3.63) is 42.6 Å². The minimum Gasteiger partial charge on any atom is -0.497 e. The van der Waals surface area contributed by atoms with Crippen LogP contribution in [0.1, 0.15) is 0 Å². The lowest BCUT2D eigenvalue weighted by molar-refractivity contribution is 0.414. The summed E-state index contributed by atoms with van der Waals surface area (Å²) in [6.45, 7) is 0. The molecule has 0 amide bonds. The van der Waals surface area contributed by atoms with Crippen LogP contribution in [-0.4, -0.2) is 32.5 Å². The number of methoxy groups -OCH3 is 1. The summed E-state index contributed by atoms with van der Waals surface area (Å²) in [5.41, 5.74) is 1.08. The highest BCUT2D eigenvalue weighted by molar-refractivity contribution is 7.92. The Labute approximate surface area is 128 Å². The van der Waals surface area contributed by atoms with Crippen molar-refractivity contribution in [2.24, 2.45) is 0 Å². The van der Waals surface area contributed by atoms with Gasteiger partial charge in [0, 0.05) is 13.2 Å². The molecular formula is C15H15N3O3S. The Balaban J connectivity index is 2.23. The number of pyridine rings is 1. The van der Waals surface area contributed by atoms with E-state index >= 15 is 0 Å². The van der Waals surface area contributed by atoms with E-state index in [9.17, 15) is 8.42 Å². The van der Waals surface area contributed by atoms with E-state index in [2.05, 4.69) is 15.3 Å². The maximum Gasteiger partial charge on any atom is 0.212 e. The Morgan fingerprint density at radius 2 is 1.91 bits per heavy atom. The maximum atomic E-state index is 12.9. The number of anilines is 1. The molecule has 1 aromatic carbocycles. The summed E-state index contributed by atoms with van der Waals surface area (Å²) >= 11 is 0. The number of nitrogens with one attached hydrogen (secondary N) is 2. The van der Waals surface area contributed by atoms with Crippen LogP contribution >= 0.6 is 0 Å². The van der Waals surface area contributed by atoms with Crippen molar-refractivity contribution in [3.63, 3.8) is 0 Å². The van der Waals surface area contributed by atoms with Gasteiger partial charge in [-0.1, -0.05) is 0 Å². The van der Waals surface area contributed by atoms with E-state index < -0.39 is 9.84 Å². The summed E-state index contributed by atoms with van der Waals surface area (Å²) in [6, 6.07) is 9.82. The van der Waals surface area contributed by atoms with Crippen LogP contribution in [0.3, 0.4) is 0 Å². The van der Waals surface area contributed by atoms with Crippen LogP contribution in [0.2, 0.25) is 0 Å². The summed E-state index contributed by atoms with van der Waals surface area (Å²) in [4.78, 5) is 7.57. The Morgan fingerprint density at radius 1 is 1.18 bits per heavy atom. The van der Waals surface area contributed by atoms with Crippen molar-refractivity contribution in [2.45, 2.75) is 9.79 Å². The first kappa shape index (κ1) is 14.4. The van der Waals surface area contributed by atoms with Crippen molar-refractivity contribution in [1.29, 1.82) is 0 Å². The van der Waals surface area contributed by atoms with E-state index in [4.69, 9.17) is 4.74 Å². The summed E-state index contributed by atoms with van der Waals surface area (Å²) < 4.78 is 31.0.